The largest absolute Gasteiger partial charge is 0.377 e. The first kappa shape index (κ1) is 25.1. The van der Waals surface area contributed by atoms with Gasteiger partial charge in [0.15, 0.2) is 5.96 Å². The Morgan fingerprint density at radius 3 is 2.71 bits per heavy atom. The molecule has 0 amide bonds. The topological polar surface area (TPSA) is 58.1 Å². The lowest BCUT2D eigenvalue weighted by molar-refractivity contribution is -0.0284. The monoisotopic (exact) mass is 504 g/mol. The van der Waals surface area contributed by atoms with Gasteiger partial charge in [-0.05, 0) is 24.0 Å². The smallest absolute Gasteiger partial charge is 0.191 e. The Bertz CT molecular complexity index is 583. The molecule has 2 N–H and O–H groups in total. The average Bonchev–Trinajstić information content (AvgIpc) is 2.67. The summed E-state index contributed by atoms with van der Waals surface area (Å²) in [7, 11) is 1.80. The van der Waals surface area contributed by atoms with Gasteiger partial charge in [-0.1, -0.05) is 38.1 Å². The second kappa shape index (κ2) is 14.1. The maximum Gasteiger partial charge on any atom is 0.191 e. The Labute approximate surface area is 187 Å². The van der Waals surface area contributed by atoms with E-state index in [0.717, 1.165) is 45.4 Å². The standard InChI is InChI=1S/C21H36N4O2.HI/c1-5-26-16-19-9-7-6-8-18(19)12-23-21(22-4)24-13-20-15-25(10-11-27-20)14-17(2)3;/h6-9,17,20H,5,10-16H2,1-4H3,(H2,22,23,24);1H. The van der Waals surface area contributed by atoms with Crippen molar-refractivity contribution in [2.75, 3.05) is 46.4 Å². The molecule has 1 unspecified atom stereocenters. The van der Waals surface area contributed by atoms with Crippen LogP contribution in [-0.2, 0) is 22.6 Å². The lowest BCUT2D eigenvalue weighted by Gasteiger charge is -2.34. The minimum absolute atomic E-state index is 0. The molecule has 0 spiro atoms. The van der Waals surface area contributed by atoms with Crippen molar-refractivity contribution >= 4 is 29.9 Å². The van der Waals surface area contributed by atoms with E-state index in [-0.39, 0.29) is 30.1 Å². The van der Waals surface area contributed by atoms with Crippen LogP contribution in [-0.4, -0.2) is 63.4 Å². The van der Waals surface area contributed by atoms with Crippen LogP contribution in [0.25, 0.3) is 0 Å². The third-order valence-corrected chi connectivity index (χ3v) is 4.59. The van der Waals surface area contributed by atoms with Crippen molar-refractivity contribution in [3.8, 4) is 0 Å². The lowest BCUT2D eigenvalue weighted by atomic mass is 10.1. The van der Waals surface area contributed by atoms with Crippen LogP contribution in [0.4, 0.5) is 0 Å². The fraction of sp³-hybridized carbons (Fsp3) is 0.667. The van der Waals surface area contributed by atoms with Gasteiger partial charge in [-0.2, -0.15) is 0 Å². The summed E-state index contributed by atoms with van der Waals surface area (Å²) in [5.41, 5.74) is 2.44. The second-order valence-electron chi connectivity index (χ2n) is 7.36. The highest BCUT2D eigenvalue weighted by atomic mass is 127. The van der Waals surface area contributed by atoms with Crippen LogP contribution in [0.15, 0.2) is 29.3 Å². The number of aliphatic imine (C=N–C) groups is 1. The summed E-state index contributed by atoms with van der Waals surface area (Å²) in [5, 5.41) is 6.80. The van der Waals surface area contributed by atoms with E-state index in [9.17, 15) is 0 Å². The summed E-state index contributed by atoms with van der Waals surface area (Å²) in [5.74, 6) is 1.48. The zero-order valence-electron chi connectivity index (χ0n) is 17.7. The quantitative estimate of drug-likeness (QED) is 0.308. The van der Waals surface area contributed by atoms with Crippen LogP contribution < -0.4 is 10.6 Å². The molecule has 1 heterocycles. The van der Waals surface area contributed by atoms with Gasteiger partial charge >= 0.3 is 0 Å². The van der Waals surface area contributed by atoms with Crippen molar-refractivity contribution < 1.29 is 9.47 Å². The van der Waals surface area contributed by atoms with Crippen LogP contribution >= 0.6 is 24.0 Å². The molecule has 7 heteroatoms. The van der Waals surface area contributed by atoms with Gasteiger partial charge < -0.3 is 20.1 Å². The van der Waals surface area contributed by atoms with Crippen LogP contribution in [0, 0.1) is 5.92 Å². The fourth-order valence-electron chi connectivity index (χ4n) is 3.28. The van der Waals surface area contributed by atoms with E-state index in [1.165, 1.54) is 11.1 Å². The summed E-state index contributed by atoms with van der Waals surface area (Å²) < 4.78 is 11.5. The van der Waals surface area contributed by atoms with Gasteiger partial charge in [-0.25, -0.2) is 0 Å². The highest BCUT2D eigenvalue weighted by molar-refractivity contribution is 14.0. The van der Waals surface area contributed by atoms with E-state index < -0.39 is 0 Å². The van der Waals surface area contributed by atoms with Gasteiger partial charge in [-0.15, -0.1) is 24.0 Å². The van der Waals surface area contributed by atoms with E-state index in [1.807, 2.05) is 13.0 Å². The molecule has 0 radical (unpaired) electrons. The molecule has 1 atom stereocenters. The Morgan fingerprint density at radius 1 is 1.29 bits per heavy atom. The second-order valence-corrected chi connectivity index (χ2v) is 7.36. The van der Waals surface area contributed by atoms with Crippen molar-refractivity contribution in [2.24, 2.45) is 10.9 Å². The number of hydrogen-bond acceptors (Lipinski definition) is 4. The van der Waals surface area contributed by atoms with Crippen LogP contribution in [0.1, 0.15) is 31.9 Å². The van der Waals surface area contributed by atoms with Crippen molar-refractivity contribution in [3.63, 3.8) is 0 Å². The number of hydrogen-bond donors (Lipinski definition) is 2. The molecule has 0 bridgehead atoms. The molecule has 0 aliphatic carbocycles. The number of benzene rings is 1. The third-order valence-electron chi connectivity index (χ3n) is 4.59. The number of nitrogens with one attached hydrogen (secondary N) is 2. The van der Waals surface area contributed by atoms with Gasteiger partial charge in [0.2, 0.25) is 0 Å². The molecule has 6 nitrogen and oxygen atoms in total. The minimum atomic E-state index is 0. The zero-order valence-corrected chi connectivity index (χ0v) is 20.1. The summed E-state index contributed by atoms with van der Waals surface area (Å²) in [6, 6.07) is 8.35. The third kappa shape index (κ3) is 9.07. The highest BCUT2D eigenvalue weighted by Gasteiger charge is 2.21. The van der Waals surface area contributed by atoms with E-state index in [1.54, 1.807) is 7.05 Å². The Kier molecular flexibility index (Phi) is 12.7. The summed E-state index contributed by atoms with van der Waals surface area (Å²) in [6.07, 6.45) is 0.196. The van der Waals surface area contributed by atoms with Crippen LogP contribution in [0.2, 0.25) is 0 Å². The first-order valence-corrected chi connectivity index (χ1v) is 10.0. The van der Waals surface area contributed by atoms with E-state index in [0.29, 0.717) is 19.1 Å². The summed E-state index contributed by atoms with van der Waals surface area (Å²) in [6.45, 7) is 13.3. The number of guanidine groups is 1. The summed E-state index contributed by atoms with van der Waals surface area (Å²) >= 11 is 0. The maximum atomic E-state index is 5.91. The van der Waals surface area contributed by atoms with Gasteiger partial charge in [-0.3, -0.25) is 9.89 Å². The molecular weight excluding hydrogens is 467 g/mol. The van der Waals surface area contributed by atoms with Gasteiger partial charge in [0, 0.05) is 46.4 Å². The van der Waals surface area contributed by atoms with Crippen molar-refractivity contribution in [1.82, 2.24) is 15.5 Å². The molecule has 160 valence electrons. The molecule has 1 aromatic rings. The normalized spacial score (nSPS) is 18.0. The number of rotatable bonds is 9. The average molecular weight is 504 g/mol. The predicted molar refractivity (Wildman–Crippen MR) is 126 cm³/mol. The molecule has 1 aliphatic heterocycles. The van der Waals surface area contributed by atoms with Crippen molar-refractivity contribution in [2.45, 2.75) is 40.0 Å². The van der Waals surface area contributed by atoms with E-state index >= 15 is 0 Å². The molecule has 0 aromatic heterocycles. The van der Waals surface area contributed by atoms with Crippen molar-refractivity contribution in [1.29, 1.82) is 0 Å². The van der Waals surface area contributed by atoms with Crippen LogP contribution in [0.3, 0.4) is 0 Å². The SMILES string of the molecule is CCOCc1ccccc1CNC(=NC)NCC1CN(CC(C)C)CCO1.I. The number of halogens is 1. The summed E-state index contributed by atoms with van der Waals surface area (Å²) in [4.78, 5) is 6.83. The first-order chi connectivity index (χ1) is 13.1. The number of ether oxygens (including phenoxy) is 2. The molecule has 0 saturated carbocycles. The zero-order chi connectivity index (χ0) is 19.5. The molecular formula is C21H37IN4O2. The molecule has 1 fully saturated rings. The Morgan fingerprint density at radius 2 is 2.04 bits per heavy atom. The minimum Gasteiger partial charge on any atom is -0.377 e. The maximum absolute atomic E-state index is 5.91. The van der Waals surface area contributed by atoms with E-state index in [2.05, 4.69) is 52.6 Å². The Hall–Kier alpha value is -0.900. The molecule has 1 aliphatic rings. The van der Waals surface area contributed by atoms with Gasteiger partial charge in [0.25, 0.3) is 0 Å². The van der Waals surface area contributed by atoms with E-state index in [4.69, 9.17) is 9.47 Å². The molecule has 1 saturated heterocycles. The van der Waals surface area contributed by atoms with Crippen LogP contribution in [0.5, 0.6) is 0 Å². The van der Waals surface area contributed by atoms with Gasteiger partial charge in [0.1, 0.15) is 0 Å². The first-order valence-electron chi connectivity index (χ1n) is 10.0. The molecule has 2 rings (SSSR count). The highest BCUT2D eigenvalue weighted by Crippen LogP contribution is 2.10. The Balaban J connectivity index is 0.00000392. The lowest BCUT2D eigenvalue weighted by Crippen LogP contribution is -2.50. The van der Waals surface area contributed by atoms with Crippen molar-refractivity contribution in [3.05, 3.63) is 35.4 Å². The number of nitrogens with zero attached hydrogens (tertiary/aromatic N) is 2. The molecule has 1 aromatic carbocycles. The predicted octanol–water partition coefficient (Wildman–Crippen LogP) is 2.86. The number of morpholine rings is 1. The molecule has 28 heavy (non-hydrogen) atoms. The fourth-order valence-corrected chi connectivity index (χ4v) is 3.28. The van der Waals surface area contributed by atoms with Gasteiger partial charge in [0.05, 0.1) is 19.3 Å².